The minimum absolute atomic E-state index is 0.679. The van der Waals surface area contributed by atoms with Crippen LogP contribution in [-0.2, 0) is 0 Å². The molecule has 0 aliphatic rings. The van der Waals surface area contributed by atoms with Gasteiger partial charge in [0.05, 0.1) is 0 Å². The van der Waals surface area contributed by atoms with E-state index < -0.39 is 6.17 Å². The highest BCUT2D eigenvalue weighted by Gasteiger charge is 2.04. The van der Waals surface area contributed by atoms with Gasteiger partial charge in [0, 0.05) is 9.82 Å². The fourth-order valence-corrected chi connectivity index (χ4v) is 0.879. The number of hydrogen-bond acceptors (Lipinski definition) is 2. The van der Waals surface area contributed by atoms with Gasteiger partial charge in [-0.05, 0) is 16.6 Å². The van der Waals surface area contributed by atoms with Crippen molar-refractivity contribution in [1.29, 1.82) is 0 Å². The van der Waals surface area contributed by atoms with Crippen LogP contribution in [-0.4, -0.2) is 0 Å². The Morgan fingerprint density at radius 1 is 1.00 bits per heavy atom. The molecule has 15 heavy (non-hydrogen) atoms. The summed E-state index contributed by atoms with van der Waals surface area (Å²) in [6.45, 7) is 4.00. The van der Waals surface area contributed by atoms with Crippen LogP contribution in [0.5, 0.6) is 0 Å². The number of azide groups is 1. The van der Waals surface area contributed by atoms with Crippen LogP contribution in [0.3, 0.4) is 0 Å². The van der Waals surface area contributed by atoms with Gasteiger partial charge in [-0.1, -0.05) is 54.4 Å². The van der Waals surface area contributed by atoms with Crippen molar-refractivity contribution in [1.82, 2.24) is 0 Å². The van der Waals surface area contributed by atoms with E-state index in [0.29, 0.717) is 5.56 Å². The maximum absolute atomic E-state index is 8.20. The van der Waals surface area contributed by atoms with Crippen LogP contribution in [0.1, 0.15) is 25.6 Å². The summed E-state index contributed by atoms with van der Waals surface area (Å²) in [5.41, 5.74) is 17.1. The van der Waals surface area contributed by atoms with Gasteiger partial charge in [0.15, 0.2) is 0 Å². The Kier molecular flexibility index (Phi) is 7.22. The maximum atomic E-state index is 8.20. The van der Waals surface area contributed by atoms with E-state index in [4.69, 9.17) is 11.1 Å². The molecular formula is C9H12N6. The smallest absolute Gasteiger partial charge is 0.0798 e. The molecule has 78 valence electrons. The van der Waals surface area contributed by atoms with E-state index >= 15 is 0 Å². The molecule has 0 saturated heterocycles. The van der Waals surface area contributed by atoms with Crippen LogP contribution in [0.15, 0.2) is 40.6 Å². The minimum atomic E-state index is -0.795. The van der Waals surface area contributed by atoms with Crippen LogP contribution in [0.25, 0.3) is 20.9 Å². The van der Waals surface area contributed by atoms with Crippen molar-refractivity contribution < 1.29 is 0 Å². The summed E-state index contributed by atoms with van der Waals surface area (Å²) in [7, 11) is 0. The highest BCUT2D eigenvalue weighted by molar-refractivity contribution is 5.18. The zero-order valence-electron chi connectivity index (χ0n) is 8.65. The van der Waals surface area contributed by atoms with Gasteiger partial charge in [0.1, 0.15) is 6.17 Å². The molecule has 0 aliphatic carbocycles. The van der Waals surface area contributed by atoms with Gasteiger partial charge in [-0.25, -0.2) is 0 Å². The van der Waals surface area contributed by atoms with Gasteiger partial charge in [-0.3, -0.25) is 0 Å². The second-order valence-corrected chi connectivity index (χ2v) is 2.19. The van der Waals surface area contributed by atoms with Crippen molar-refractivity contribution in [2.45, 2.75) is 20.0 Å². The maximum Gasteiger partial charge on any atom is 0.141 e. The third kappa shape index (κ3) is 4.57. The van der Waals surface area contributed by atoms with E-state index in [2.05, 4.69) is 20.1 Å². The Hall–Kier alpha value is -2.16. The third-order valence-electron chi connectivity index (χ3n) is 1.42. The standard InChI is InChI=1S/C7H6N6.C2H6/c8-12-10-7(11-13-9)6-4-2-1-3-5-6;1-2/h1-5,7H;1-2H3. The number of rotatable bonds is 3. The Balaban J connectivity index is 0.000000921. The van der Waals surface area contributed by atoms with Crippen LogP contribution in [0.2, 0.25) is 0 Å². The second-order valence-electron chi connectivity index (χ2n) is 2.19. The Morgan fingerprint density at radius 3 is 1.87 bits per heavy atom. The summed E-state index contributed by atoms with van der Waals surface area (Å²) in [6.07, 6.45) is -0.795. The Bertz CT molecular complexity index is 343. The number of benzene rings is 1. The van der Waals surface area contributed by atoms with E-state index in [0.717, 1.165) is 0 Å². The van der Waals surface area contributed by atoms with Crippen molar-refractivity contribution >= 4 is 0 Å². The minimum Gasteiger partial charge on any atom is -0.0798 e. The Morgan fingerprint density at radius 2 is 1.47 bits per heavy atom. The molecule has 0 heterocycles. The van der Waals surface area contributed by atoms with E-state index in [-0.39, 0.29) is 0 Å². The van der Waals surface area contributed by atoms with E-state index in [1.165, 1.54) is 0 Å². The molecule has 0 aromatic heterocycles. The van der Waals surface area contributed by atoms with Crippen molar-refractivity contribution in [2.75, 3.05) is 0 Å². The zero-order valence-corrected chi connectivity index (χ0v) is 8.65. The molecule has 0 radical (unpaired) electrons. The predicted octanol–water partition coefficient (Wildman–Crippen LogP) is 4.33. The lowest BCUT2D eigenvalue weighted by Gasteiger charge is -2.02. The first-order valence-electron chi connectivity index (χ1n) is 4.52. The average Bonchev–Trinajstić information content (AvgIpc) is 2.33. The van der Waals surface area contributed by atoms with E-state index in [1.807, 2.05) is 19.9 Å². The van der Waals surface area contributed by atoms with Gasteiger partial charge in [0.2, 0.25) is 0 Å². The van der Waals surface area contributed by atoms with Gasteiger partial charge < -0.3 is 0 Å². The largest absolute Gasteiger partial charge is 0.141 e. The normalized spacial score (nSPS) is 9.73. The first-order chi connectivity index (χ1) is 7.38. The molecule has 0 unspecified atom stereocenters. The molecule has 6 nitrogen and oxygen atoms in total. The first-order valence-corrected chi connectivity index (χ1v) is 4.52. The molecule has 0 atom stereocenters. The van der Waals surface area contributed by atoms with E-state index in [1.54, 1.807) is 24.3 Å². The lowest BCUT2D eigenvalue weighted by Crippen LogP contribution is -1.87. The quantitative estimate of drug-likeness (QED) is 0.397. The predicted molar refractivity (Wildman–Crippen MR) is 58.8 cm³/mol. The van der Waals surface area contributed by atoms with Crippen molar-refractivity contribution in [2.24, 2.45) is 10.2 Å². The fraction of sp³-hybridized carbons (Fsp3) is 0.333. The second kappa shape index (κ2) is 8.44. The monoisotopic (exact) mass is 204 g/mol. The van der Waals surface area contributed by atoms with Gasteiger partial charge >= 0.3 is 0 Å². The molecule has 0 fully saturated rings. The summed E-state index contributed by atoms with van der Waals surface area (Å²) in [5.74, 6) is 0. The molecule has 1 aromatic carbocycles. The zero-order chi connectivity index (χ0) is 11.5. The molecule has 0 N–H and O–H groups in total. The third-order valence-corrected chi connectivity index (χ3v) is 1.42. The molecule has 1 rings (SSSR count). The lowest BCUT2D eigenvalue weighted by molar-refractivity contribution is 0.757. The lowest BCUT2D eigenvalue weighted by atomic mass is 10.2. The molecule has 0 saturated carbocycles. The number of hydrogen-bond donors (Lipinski definition) is 0. The summed E-state index contributed by atoms with van der Waals surface area (Å²) in [6, 6.07) is 8.85. The highest BCUT2D eigenvalue weighted by Crippen LogP contribution is 2.18. The molecule has 0 aliphatic heterocycles. The van der Waals surface area contributed by atoms with Gasteiger partial charge in [-0.15, -0.1) is 0 Å². The first kappa shape index (κ1) is 12.8. The SMILES string of the molecule is CC.[N-]=[N+]=NC(N=[N+]=[N-])c1ccccc1. The summed E-state index contributed by atoms with van der Waals surface area (Å²) >= 11 is 0. The number of nitrogens with zero attached hydrogens (tertiary/aromatic N) is 6. The van der Waals surface area contributed by atoms with Crippen molar-refractivity contribution in [3.05, 3.63) is 56.8 Å². The van der Waals surface area contributed by atoms with E-state index in [9.17, 15) is 0 Å². The summed E-state index contributed by atoms with van der Waals surface area (Å²) in [4.78, 5) is 5.18. The molecule has 1 aromatic rings. The molecule has 0 spiro atoms. The highest BCUT2D eigenvalue weighted by atomic mass is 15.3. The molecule has 6 heteroatoms. The topological polar surface area (TPSA) is 97.5 Å². The van der Waals surface area contributed by atoms with Crippen molar-refractivity contribution in [3.63, 3.8) is 0 Å². The van der Waals surface area contributed by atoms with Gasteiger partial charge in [0.25, 0.3) is 0 Å². The molecule has 0 amide bonds. The van der Waals surface area contributed by atoms with Crippen LogP contribution < -0.4 is 0 Å². The Labute approximate surface area is 87.8 Å². The van der Waals surface area contributed by atoms with Crippen molar-refractivity contribution in [3.8, 4) is 0 Å². The van der Waals surface area contributed by atoms with Gasteiger partial charge in [-0.2, -0.15) is 0 Å². The molecule has 0 bridgehead atoms. The molecular weight excluding hydrogens is 192 g/mol. The summed E-state index contributed by atoms with van der Waals surface area (Å²) < 4.78 is 0. The fourth-order valence-electron chi connectivity index (χ4n) is 0.879. The van der Waals surface area contributed by atoms with Crippen LogP contribution in [0, 0.1) is 0 Å². The average molecular weight is 204 g/mol. The summed E-state index contributed by atoms with van der Waals surface area (Å²) in [5, 5.41) is 6.69. The van der Waals surface area contributed by atoms with Crippen LogP contribution in [0.4, 0.5) is 0 Å². The van der Waals surface area contributed by atoms with Crippen LogP contribution >= 0.6 is 0 Å².